The zero-order valence-corrected chi connectivity index (χ0v) is 7.47. The van der Waals surface area contributed by atoms with E-state index < -0.39 is 0 Å². The molecule has 0 saturated heterocycles. The Balaban J connectivity index is 3.02. The molecule has 0 aliphatic heterocycles. The van der Waals surface area contributed by atoms with Crippen LogP contribution in [-0.4, -0.2) is 31.1 Å². The lowest BCUT2D eigenvalue weighted by Gasteiger charge is -2.12. The lowest BCUT2D eigenvalue weighted by molar-refractivity contribution is -0.00902. The van der Waals surface area contributed by atoms with Crippen molar-refractivity contribution >= 4 is 0 Å². The maximum absolute atomic E-state index is 8.34. The third kappa shape index (κ3) is 7.78. The van der Waals surface area contributed by atoms with Crippen LogP contribution >= 0.6 is 0 Å². The van der Waals surface area contributed by atoms with Gasteiger partial charge in [0.25, 0.3) is 0 Å². The standard InChI is InChI=1S/C8H19NO2/c1-3-4-5-9-8(2)6-11-7-10/h8-10H,3-7H2,1-2H3/t8-/m1/s1. The number of aliphatic hydroxyl groups is 1. The molecular formula is C8H19NO2. The zero-order valence-electron chi connectivity index (χ0n) is 7.47. The first kappa shape index (κ1) is 10.9. The number of hydrogen-bond donors (Lipinski definition) is 2. The molecule has 0 aromatic carbocycles. The molecule has 0 aliphatic carbocycles. The largest absolute Gasteiger partial charge is 0.371 e. The predicted octanol–water partition coefficient (Wildman–Crippen LogP) is 0.731. The second-order valence-electron chi connectivity index (χ2n) is 2.71. The number of unbranched alkanes of at least 4 members (excludes halogenated alkanes) is 1. The lowest BCUT2D eigenvalue weighted by atomic mass is 10.3. The Labute approximate surface area is 68.8 Å². The van der Waals surface area contributed by atoms with Gasteiger partial charge in [0.2, 0.25) is 0 Å². The molecule has 0 saturated carbocycles. The summed E-state index contributed by atoms with van der Waals surface area (Å²) < 4.78 is 4.82. The molecule has 0 aromatic rings. The van der Waals surface area contributed by atoms with Gasteiger partial charge in [0.05, 0.1) is 6.61 Å². The average molecular weight is 161 g/mol. The first-order valence-corrected chi connectivity index (χ1v) is 4.23. The third-order valence-corrected chi connectivity index (χ3v) is 1.48. The molecule has 11 heavy (non-hydrogen) atoms. The molecule has 0 radical (unpaired) electrons. The van der Waals surface area contributed by atoms with Gasteiger partial charge >= 0.3 is 0 Å². The van der Waals surface area contributed by atoms with Crippen LogP contribution in [0.25, 0.3) is 0 Å². The second-order valence-corrected chi connectivity index (χ2v) is 2.71. The van der Waals surface area contributed by atoms with Gasteiger partial charge in [-0.15, -0.1) is 0 Å². The van der Waals surface area contributed by atoms with Gasteiger partial charge in [-0.05, 0) is 19.9 Å². The van der Waals surface area contributed by atoms with Crippen LogP contribution in [0.3, 0.4) is 0 Å². The van der Waals surface area contributed by atoms with Crippen LogP contribution in [-0.2, 0) is 4.74 Å². The van der Waals surface area contributed by atoms with E-state index in [2.05, 4.69) is 12.2 Å². The van der Waals surface area contributed by atoms with Crippen molar-refractivity contribution in [2.75, 3.05) is 19.9 Å². The van der Waals surface area contributed by atoms with E-state index in [1.807, 2.05) is 6.92 Å². The van der Waals surface area contributed by atoms with Crippen molar-refractivity contribution in [1.82, 2.24) is 5.32 Å². The van der Waals surface area contributed by atoms with Crippen molar-refractivity contribution < 1.29 is 9.84 Å². The van der Waals surface area contributed by atoms with E-state index in [0.717, 1.165) is 6.54 Å². The van der Waals surface area contributed by atoms with E-state index in [-0.39, 0.29) is 6.79 Å². The topological polar surface area (TPSA) is 41.5 Å². The highest BCUT2D eigenvalue weighted by Gasteiger charge is 1.98. The fourth-order valence-electron chi connectivity index (χ4n) is 0.814. The Morgan fingerprint density at radius 2 is 2.27 bits per heavy atom. The number of nitrogens with one attached hydrogen (secondary N) is 1. The van der Waals surface area contributed by atoms with Crippen molar-refractivity contribution in [3.8, 4) is 0 Å². The van der Waals surface area contributed by atoms with Gasteiger partial charge in [0, 0.05) is 6.04 Å². The van der Waals surface area contributed by atoms with Crippen molar-refractivity contribution in [3.63, 3.8) is 0 Å². The van der Waals surface area contributed by atoms with Gasteiger partial charge in [-0.25, -0.2) is 0 Å². The summed E-state index contributed by atoms with van der Waals surface area (Å²) in [6.07, 6.45) is 2.41. The van der Waals surface area contributed by atoms with Crippen LogP contribution in [0.5, 0.6) is 0 Å². The van der Waals surface area contributed by atoms with Crippen molar-refractivity contribution in [2.24, 2.45) is 0 Å². The molecule has 0 rings (SSSR count). The number of hydrogen-bond acceptors (Lipinski definition) is 3. The summed E-state index contributed by atoms with van der Waals surface area (Å²) in [7, 11) is 0. The normalized spacial score (nSPS) is 13.4. The molecule has 0 unspecified atom stereocenters. The minimum atomic E-state index is -0.181. The second kappa shape index (κ2) is 7.98. The van der Waals surface area contributed by atoms with Crippen molar-refractivity contribution in [1.29, 1.82) is 0 Å². The van der Waals surface area contributed by atoms with E-state index >= 15 is 0 Å². The van der Waals surface area contributed by atoms with E-state index in [0.29, 0.717) is 12.6 Å². The SMILES string of the molecule is CCCCN[C@H](C)COCO. The highest BCUT2D eigenvalue weighted by Crippen LogP contribution is 1.87. The summed E-state index contributed by atoms with van der Waals surface area (Å²) in [5.74, 6) is 0. The molecule has 68 valence electrons. The number of rotatable bonds is 7. The Kier molecular flexibility index (Phi) is 7.89. The molecule has 3 heteroatoms. The number of aliphatic hydroxyl groups excluding tert-OH is 1. The van der Waals surface area contributed by atoms with Gasteiger partial charge in [0.15, 0.2) is 0 Å². The van der Waals surface area contributed by atoms with Crippen LogP contribution < -0.4 is 5.32 Å². The first-order chi connectivity index (χ1) is 5.31. The first-order valence-electron chi connectivity index (χ1n) is 4.23. The van der Waals surface area contributed by atoms with E-state index in [4.69, 9.17) is 9.84 Å². The van der Waals surface area contributed by atoms with Crippen LogP contribution in [0.2, 0.25) is 0 Å². The molecule has 0 spiro atoms. The van der Waals surface area contributed by atoms with Gasteiger partial charge in [-0.2, -0.15) is 0 Å². The quantitative estimate of drug-likeness (QED) is 0.427. The minimum absolute atomic E-state index is 0.181. The Morgan fingerprint density at radius 3 is 2.82 bits per heavy atom. The Hall–Kier alpha value is -0.120. The highest BCUT2D eigenvalue weighted by atomic mass is 16.6. The molecular weight excluding hydrogens is 142 g/mol. The van der Waals surface area contributed by atoms with Crippen molar-refractivity contribution in [3.05, 3.63) is 0 Å². The highest BCUT2D eigenvalue weighted by molar-refractivity contribution is 4.57. The molecule has 0 aliphatic rings. The van der Waals surface area contributed by atoms with Gasteiger partial charge in [0.1, 0.15) is 6.79 Å². The van der Waals surface area contributed by atoms with E-state index in [1.54, 1.807) is 0 Å². The molecule has 0 heterocycles. The fraction of sp³-hybridized carbons (Fsp3) is 1.00. The van der Waals surface area contributed by atoms with Gasteiger partial charge < -0.3 is 15.2 Å². The van der Waals surface area contributed by atoms with Gasteiger partial charge in [-0.3, -0.25) is 0 Å². The number of ether oxygens (including phenoxy) is 1. The minimum Gasteiger partial charge on any atom is -0.371 e. The molecule has 0 bridgehead atoms. The van der Waals surface area contributed by atoms with E-state index in [9.17, 15) is 0 Å². The molecule has 2 N–H and O–H groups in total. The maximum Gasteiger partial charge on any atom is 0.143 e. The summed E-state index contributed by atoms with van der Waals surface area (Å²) in [5, 5.41) is 11.6. The summed E-state index contributed by atoms with van der Waals surface area (Å²) in [6.45, 7) is 5.65. The predicted molar refractivity (Wildman–Crippen MR) is 45.4 cm³/mol. The molecule has 1 atom stereocenters. The van der Waals surface area contributed by atoms with Crippen LogP contribution in [0.15, 0.2) is 0 Å². The summed E-state index contributed by atoms with van der Waals surface area (Å²) in [4.78, 5) is 0. The van der Waals surface area contributed by atoms with Crippen molar-refractivity contribution in [2.45, 2.75) is 32.7 Å². The van der Waals surface area contributed by atoms with Crippen LogP contribution in [0, 0.1) is 0 Å². The maximum atomic E-state index is 8.34. The summed E-state index contributed by atoms with van der Waals surface area (Å²) in [5.41, 5.74) is 0. The average Bonchev–Trinajstić information content (AvgIpc) is 2.01. The Morgan fingerprint density at radius 1 is 1.55 bits per heavy atom. The summed E-state index contributed by atoms with van der Waals surface area (Å²) in [6, 6.07) is 0.341. The third-order valence-electron chi connectivity index (χ3n) is 1.48. The smallest absolute Gasteiger partial charge is 0.143 e. The molecule has 3 nitrogen and oxygen atoms in total. The van der Waals surface area contributed by atoms with E-state index in [1.165, 1.54) is 12.8 Å². The monoisotopic (exact) mass is 161 g/mol. The van der Waals surface area contributed by atoms with Crippen LogP contribution in [0.1, 0.15) is 26.7 Å². The molecule has 0 amide bonds. The zero-order chi connectivity index (χ0) is 8.53. The van der Waals surface area contributed by atoms with Crippen LogP contribution in [0.4, 0.5) is 0 Å². The fourth-order valence-corrected chi connectivity index (χ4v) is 0.814. The Bertz CT molecular complexity index is 78.5. The molecule has 0 fully saturated rings. The van der Waals surface area contributed by atoms with Gasteiger partial charge in [-0.1, -0.05) is 13.3 Å². The molecule has 0 aromatic heterocycles. The lowest BCUT2D eigenvalue weighted by Crippen LogP contribution is -2.31. The summed E-state index contributed by atoms with van der Waals surface area (Å²) >= 11 is 0.